The predicted molar refractivity (Wildman–Crippen MR) is 110 cm³/mol. The minimum absolute atomic E-state index is 0.647. The molecule has 1 N–H and O–H groups in total. The Bertz CT molecular complexity index is 520. The van der Waals surface area contributed by atoms with Gasteiger partial charge in [0.2, 0.25) is 0 Å². The van der Waals surface area contributed by atoms with E-state index in [1.807, 2.05) is 37.4 Å². The average Bonchev–Trinajstić information content (AvgIpc) is 2.66. The van der Waals surface area contributed by atoms with Crippen LogP contribution in [-0.2, 0) is 0 Å². The van der Waals surface area contributed by atoms with Crippen molar-refractivity contribution >= 4 is 5.96 Å². The van der Waals surface area contributed by atoms with Gasteiger partial charge in [0.1, 0.15) is 12.4 Å². The Hall–Kier alpha value is -1.75. The molecule has 1 aliphatic heterocycles. The van der Waals surface area contributed by atoms with Crippen LogP contribution in [0, 0.1) is 0 Å². The number of rotatable bonds is 9. The number of ether oxygens (including phenoxy) is 1. The summed E-state index contributed by atoms with van der Waals surface area (Å²) in [6.45, 7) is 7.29. The van der Waals surface area contributed by atoms with Crippen LogP contribution in [0.2, 0.25) is 0 Å². The Labute approximate surface area is 159 Å². The number of hydrogen-bond donors (Lipinski definition) is 1. The number of nitrogens with one attached hydrogen (secondary N) is 1. The molecule has 1 fully saturated rings. The monoisotopic (exact) mass is 360 g/mol. The number of aliphatic imine (C=N–C) groups is 1. The van der Waals surface area contributed by atoms with Gasteiger partial charge in [0, 0.05) is 26.7 Å². The maximum Gasteiger partial charge on any atom is 0.193 e. The lowest BCUT2D eigenvalue weighted by molar-refractivity contribution is 0.158. The van der Waals surface area contributed by atoms with Crippen LogP contribution in [-0.4, -0.2) is 68.7 Å². The van der Waals surface area contributed by atoms with Gasteiger partial charge >= 0.3 is 0 Å². The van der Waals surface area contributed by atoms with Gasteiger partial charge in [0.15, 0.2) is 5.96 Å². The van der Waals surface area contributed by atoms with Gasteiger partial charge in [0.25, 0.3) is 0 Å². The fraction of sp³-hybridized carbons (Fsp3) is 0.667. The number of likely N-dealkylation sites (N-methyl/N-ethyl adjacent to an activating group) is 1. The fourth-order valence-corrected chi connectivity index (χ4v) is 3.44. The molecule has 1 saturated heterocycles. The van der Waals surface area contributed by atoms with Gasteiger partial charge < -0.3 is 19.9 Å². The first-order valence-corrected chi connectivity index (χ1v) is 10.0. The smallest absolute Gasteiger partial charge is 0.193 e. The van der Waals surface area contributed by atoms with Crippen LogP contribution < -0.4 is 10.1 Å². The van der Waals surface area contributed by atoms with Crippen LogP contribution in [0.3, 0.4) is 0 Å². The highest BCUT2D eigenvalue weighted by atomic mass is 16.5. The zero-order valence-corrected chi connectivity index (χ0v) is 16.8. The van der Waals surface area contributed by atoms with Gasteiger partial charge in [-0.15, -0.1) is 0 Å². The highest BCUT2D eigenvalue weighted by Crippen LogP contribution is 2.16. The van der Waals surface area contributed by atoms with Crippen molar-refractivity contribution in [2.75, 3.05) is 46.9 Å². The van der Waals surface area contributed by atoms with Crippen LogP contribution in [0.1, 0.15) is 39.0 Å². The second-order valence-electron chi connectivity index (χ2n) is 7.14. The molecule has 0 saturated carbocycles. The van der Waals surface area contributed by atoms with Crippen molar-refractivity contribution in [3.63, 3.8) is 0 Å². The molecular formula is C21H36N4O. The van der Waals surface area contributed by atoms with Crippen molar-refractivity contribution in [2.24, 2.45) is 4.99 Å². The predicted octanol–water partition coefficient (Wildman–Crippen LogP) is 3.23. The normalized spacial score (nSPS) is 18.6. The van der Waals surface area contributed by atoms with Gasteiger partial charge in [-0.1, -0.05) is 24.6 Å². The van der Waals surface area contributed by atoms with E-state index in [0.29, 0.717) is 6.61 Å². The van der Waals surface area contributed by atoms with Crippen molar-refractivity contribution < 1.29 is 4.74 Å². The van der Waals surface area contributed by atoms with Gasteiger partial charge in [-0.3, -0.25) is 4.99 Å². The van der Waals surface area contributed by atoms with Crippen molar-refractivity contribution in [3.05, 3.63) is 30.3 Å². The summed E-state index contributed by atoms with van der Waals surface area (Å²) in [6, 6.07) is 10.7. The molecule has 0 bridgehead atoms. The van der Waals surface area contributed by atoms with Crippen molar-refractivity contribution in [2.45, 2.75) is 45.1 Å². The van der Waals surface area contributed by atoms with E-state index < -0.39 is 0 Å². The number of piperidine rings is 1. The van der Waals surface area contributed by atoms with E-state index in [0.717, 1.165) is 30.8 Å². The molecule has 5 heteroatoms. The Balaban J connectivity index is 1.57. The number of para-hydroxylation sites is 1. The lowest BCUT2D eigenvalue weighted by Crippen LogP contribution is -2.41. The highest BCUT2D eigenvalue weighted by Gasteiger charge is 2.17. The van der Waals surface area contributed by atoms with E-state index in [1.165, 1.54) is 45.2 Å². The molecule has 26 heavy (non-hydrogen) atoms. The molecule has 1 aliphatic rings. The molecule has 0 spiro atoms. The third kappa shape index (κ3) is 7.24. The fourth-order valence-electron chi connectivity index (χ4n) is 3.44. The Morgan fingerprint density at radius 3 is 2.81 bits per heavy atom. The first-order valence-electron chi connectivity index (χ1n) is 10.0. The Morgan fingerprint density at radius 2 is 2.08 bits per heavy atom. The molecule has 1 atom stereocenters. The molecule has 146 valence electrons. The standard InChI is InChI=1S/C21H36N4O/c1-19-11-7-9-15-25(19)16-10-8-14-23-21(22-2)24(3)17-18-26-20-12-5-4-6-13-20/h4-6,12-13,19H,7-11,14-18H2,1-3H3,(H,22,23). The van der Waals surface area contributed by atoms with Crippen LogP contribution in [0.4, 0.5) is 0 Å². The maximum absolute atomic E-state index is 5.76. The zero-order valence-electron chi connectivity index (χ0n) is 16.8. The van der Waals surface area contributed by atoms with Crippen LogP contribution in [0.5, 0.6) is 5.75 Å². The lowest BCUT2D eigenvalue weighted by atomic mass is 10.0. The number of guanidine groups is 1. The molecule has 1 aromatic carbocycles. The summed E-state index contributed by atoms with van der Waals surface area (Å²) >= 11 is 0. The van der Waals surface area contributed by atoms with Crippen LogP contribution >= 0.6 is 0 Å². The van der Waals surface area contributed by atoms with E-state index in [4.69, 9.17) is 4.74 Å². The second kappa shape index (κ2) is 11.8. The van der Waals surface area contributed by atoms with Crippen LogP contribution in [0.15, 0.2) is 35.3 Å². The number of nitrogens with zero attached hydrogens (tertiary/aromatic N) is 3. The third-order valence-electron chi connectivity index (χ3n) is 5.11. The van der Waals surface area contributed by atoms with Crippen molar-refractivity contribution in [1.29, 1.82) is 0 Å². The number of benzene rings is 1. The van der Waals surface area contributed by atoms with Gasteiger partial charge in [-0.2, -0.15) is 0 Å². The lowest BCUT2D eigenvalue weighted by Gasteiger charge is -2.33. The minimum Gasteiger partial charge on any atom is -0.492 e. The van der Waals surface area contributed by atoms with Crippen LogP contribution in [0.25, 0.3) is 0 Å². The summed E-state index contributed by atoms with van der Waals surface area (Å²) < 4.78 is 5.76. The zero-order chi connectivity index (χ0) is 18.6. The molecule has 2 rings (SSSR count). The minimum atomic E-state index is 0.647. The maximum atomic E-state index is 5.76. The van der Waals surface area contributed by atoms with E-state index in [9.17, 15) is 0 Å². The van der Waals surface area contributed by atoms with Gasteiger partial charge in [-0.05, 0) is 57.8 Å². The first-order chi connectivity index (χ1) is 12.7. The number of hydrogen-bond acceptors (Lipinski definition) is 3. The largest absolute Gasteiger partial charge is 0.492 e. The summed E-state index contributed by atoms with van der Waals surface area (Å²) in [6.07, 6.45) is 6.55. The molecule has 0 radical (unpaired) electrons. The van der Waals surface area contributed by atoms with E-state index >= 15 is 0 Å². The Kier molecular flexibility index (Phi) is 9.32. The van der Waals surface area contributed by atoms with Gasteiger partial charge in [-0.25, -0.2) is 0 Å². The topological polar surface area (TPSA) is 40.1 Å². The van der Waals surface area contributed by atoms with E-state index in [-0.39, 0.29) is 0 Å². The molecule has 0 amide bonds. The SMILES string of the molecule is CN=C(NCCCCN1CCCCC1C)N(C)CCOc1ccccc1. The second-order valence-corrected chi connectivity index (χ2v) is 7.14. The molecule has 5 nitrogen and oxygen atoms in total. The highest BCUT2D eigenvalue weighted by molar-refractivity contribution is 5.79. The quantitative estimate of drug-likeness (QED) is 0.417. The molecule has 1 aromatic rings. The summed E-state index contributed by atoms with van der Waals surface area (Å²) in [4.78, 5) is 9.14. The number of likely N-dealkylation sites (tertiary alicyclic amines) is 1. The average molecular weight is 361 g/mol. The first kappa shape index (κ1) is 20.6. The van der Waals surface area contributed by atoms with Gasteiger partial charge in [0.05, 0.1) is 6.54 Å². The summed E-state index contributed by atoms with van der Waals surface area (Å²) in [5.74, 6) is 1.85. The molecule has 0 aliphatic carbocycles. The summed E-state index contributed by atoms with van der Waals surface area (Å²) in [5, 5.41) is 3.47. The van der Waals surface area contributed by atoms with E-state index in [2.05, 4.69) is 34.1 Å². The van der Waals surface area contributed by atoms with Crippen molar-refractivity contribution in [1.82, 2.24) is 15.1 Å². The molecule has 0 aromatic heterocycles. The number of unbranched alkanes of at least 4 members (excludes halogenated alkanes) is 1. The van der Waals surface area contributed by atoms with Crippen molar-refractivity contribution in [3.8, 4) is 5.75 Å². The third-order valence-corrected chi connectivity index (χ3v) is 5.11. The summed E-state index contributed by atoms with van der Waals surface area (Å²) in [5.41, 5.74) is 0. The molecule has 1 unspecified atom stereocenters. The molecular weight excluding hydrogens is 324 g/mol. The van der Waals surface area contributed by atoms with E-state index in [1.54, 1.807) is 0 Å². The molecule has 1 heterocycles. The Morgan fingerprint density at radius 1 is 1.27 bits per heavy atom. The summed E-state index contributed by atoms with van der Waals surface area (Å²) in [7, 11) is 3.89.